The molecule has 106 valence electrons. The van der Waals surface area contributed by atoms with Gasteiger partial charge in [-0.05, 0) is 40.5 Å². The van der Waals surface area contributed by atoms with Gasteiger partial charge in [0.1, 0.15) is 5.78 Å². The molecule has 3 nitrogen and oxygen atoms in total. The van der Waals surface area contributed by atoms with E-state index < -0.39 is 11.6 Å². The summed E-state index contributed by atoms with van der Waals surface area (Å²) < 4.78 is 28.3. The molecule has 6 heteroatoms. The van der Waals surface area contributed by atoms with Crippen molar-refractivity contribution in [3.63, 3.8) is 0 Å². The Balaban J connectivity index is 2.11. The number of rotatable bonds is 4. The summed E-state index contributed by atoms with van der Waals surface area (Å²) in [6.07, 6.45) is 0.255. The molecule has 0 amide bonds. The Morgan fingerprint density at radius 3 is 2.55 bits per heavy atom. The smallest absolute Gasteiger partial charge is 0.159 e. The Labute approximate surface area is 123 Å². The molecule has 0 aliphatic rings. The van der Waals surface area contributed by atoms with Gasteiger partial charge in [0.2, 0.25) is 0 Å². The number of hydrogen-bond donors (Lipinski definition) is 0. The second-order valence-corrected chi connectivity index (χ2v) is 5.40. The molecule has 1 aromatic heterocycles. The van der Waals surface area contributed by atoms with Crippen molar-refractivity contribution in [1.82, 2.24) is 9.78 Å². The summed E-state index contributed by atoms with van der Waals surface area (Å²) >= 11 is 3.39. The van der Waals surface area contributed by atoms with E-state index in [-0.39, 0.29) is 18.6 Å². The Bertz CT molecular complexity index is 667. The molecule has 0 saturated heterocycles. The highest BCUT2D eigenvalue weighted by Crippen LogP contribution is 2.21. The zero-order chi connectivity index (χ0) is 14.9. The second kappa shape index (κ2) is 5.83. The van der Waals surface area contributed by atoms with Gasteiger partial charge in [-0.25, -0.2) is 8.78 Å². The highest BCUT2D eigenvalue weighted by atomic mass is 79.9. The summed E-state index contributed by atoms with van der Waals surface area (Å²) in [5.74, 6) is -1.93. The average molecular weight is 343 g/mol. The third-order valence-electron chi connectivity index (χ3n) is 3.01. The van der Waals surface area contributed by atoms with E-state index in [0.29, 0.717) is 5.56 Å². The highest BCUT2D eigenvalue weighted by Gasteiger charge is 2.15. The van der Waals surface area contributed by atoms with Crippen LogP contribution in [-0.4, -0.2) is 15.6 Å². The van der Waals surface area contributed by atoms with Gasteiger partial charge in [-0.3, -0.25) is 9.48 Å². The normalized spacial score (nSPS) is 10.8. The lowest BCUT2D eigenvalue weighted by molar-refractivity contribution is -0.117. The molecule has 0 radical (unpaired) electrons. The molecule has 0 aliphatic heterocycles. The number of benzene rings is 1. The maximum Gasteiger partial charge on any atom is 0.159 e. The average Bonchev–Trinajstić information content (AvgIpc) is 2.61. The van der Waals surface area contributed by atoms with Crippen LogP contribution < -0.4 is 0 Å². The third-order valence-corrected chi connectivity index (χ3v) is 4.04. The monoisotopic (exact) mass is 342 g/mol. The van der Waals surface area contributed by atoms with E-state index in [0.717, 1.165) is 28.0 Å². The maximum absolute atomic E-state index is 13.1. The summed E-state index contributed by atoms with van der Waals surface area (Å²) in [6, 6.07) is 3.50. The number of halogens is 3. The molecule has 0 saturated carbocycles. The number of aromatic nitrogens is 2. The molecule has 0 unspecified atom stereocenters. The Kier molecular flexibility index (Phi) is 4.32. The van der Waals surface area contributed by atoms with Crippen molar-refractivity contribution in [1.29, 1.82) is 0 Å². The zero-order valence-electron chi connectivity index (χ0n) is 11.1. The predicted molar refractivity (Wildman–Crippen MR) is 74.4 cm³/mol. The summed E-state index contributed by atoms with van der Waals surface area (Å²) in [4.78, 5) is 12.0. The minimum absolute atomic E-state index is 0.0634. The van der Waals surface area contributed by atoms with Crippen LogP contribution in [0, 0.1) is 18.6 Å². The Morgan fingerprint density at radius 1 is 1.30 bits per heavy atom. The van der Waals surface area contributed by atoms with Crippen LogP contribution in [0.5, 0.6) is 0 Å². The summed E-state index contributed by atoms with van der Waals surface area (Å²) in [5.41, 5.74) is 2.04. The van der Waals surface area contributed by atoms with Crippen LogP contribution in [-0.2, 0) is 24.7 Å². The largest absolute Gasteiger partial charge is 0.299 e. The van der Waals surface area contributed by atoms with Crippen molar-refractivity contribution in [3.05, 3.63) is 51.3 Å². The van der Waals surface area contributed by atoms with Crippen molar-refractivity contribution in [2.45, 2.75) is 19.8 Å². The van der Waals surface area contributed by atoms with E-state index in [1.165, 1.54) is 6.07 Å². The van der Waals surface area contributed by atoms with Crippen molar-refractivity contribution >= 4 is 21.7 Å². The minimum atomic E-state index is -0.937. The molecular weight excluding hydrogens is 330 g/mol. The predicted octanol–water partition coefficient (Wildman–Crippen LogP) is 3.12. The fourth-order valence-corrected chi connectivity index (χ4v) is 2.47. The van der Waals surface area contributed by atoms with E-state index >= 15 is 0 Å². The van der Waals surface area contributed by atoms with Crippen molar-refractivity contribution < 1.29 is 13.6 Å². The lowest BCUT2D eigenvalue weighted by Crippen LogP contribution is -2.10. The number of Topliss-reactive ketones (excluding diaryl/α,β-unsaturated/α-hetero) is 1. The van der Waals surface area contributed by atoms with Gasteiger partial charge >= 0.3 is 0 Å². The maximum atomic E-state index is 13.1. The molecule has 20 heavy (non-hydrogen) atoms. The molecule has 1 aromatic carbocycles. The van der Waals surface area contributed by atoms with E-state index in [1.54, 1.807) is 11.7 Å². The van der Waals surface area contributed by atoms with Gasteiger partial charge in [-0.15, -0.1) is 0 Å². The first-order valence-corrected chi connectivity index (χ1v) is 6.81. The first kappa shape index (κ1) is 14.8. The lowest BCUT2D eigenvalue weighted by Gasteiger charge is -2.04. The molecular formula is C14H13BrF2N2O. The fourth-order valence-electron chi connectivity index (χ4n) is 2.00. The number of carbonyl (C=O) groups excluding carboxylic acids is 1. The van der Waals surface area contributed by atoms with Crippen LogP contribution in [0.2, 0.25) is 0 Å². The molecule has 0 aliphatic carbocycles. The number of carbonyl (C=O) groups is 1. The molecule has 2 aromatic rings. The lowest BCUT2D eigenvalue weighted by atomic mass is 10.1. The van der Waals surface area contributed by atoms with E-state index in [2.05, 4.69) is 21.0 Å². The number of ketones is 1. The van der Waals surface area contributed by atoms with Crippen molar-refractivity contribution in [3.8, 4) is 0 Å². The summed E-state index contributed by atoms with van der Waals surface area (Å²) in [5, 5.41) is 4.20. The first-order chi connectivity index (χ1) is 9.38. The van der Waals surface area contributed by atoms with E-state index in [1.807, 2.05) is 6.92 Å². The zero-order valence-corrected chi connectivity index (χ0v) is 12.7. The van der Waals surface area contributed by atoms with Crippen LogP contribution >= 0.6 is 15.9 Å². The highest BCUT2D eigenvalue weighted by molar-refractivity contribution is 9.10. The van der Waals surface area contributed by atoms with Crippen LogP contribution in [0.15, 0.2) is 22.7 Å². The van der Waals surface area contributed by atoms with Crippen LogP contribution in [0.25, 0.3) is 0 Å². The quantitative estimate of drug-likeness (QED) is 0.855. The van der Waals surface area contributed by atoms with E-state index in [4.69, 9.17) is 0 Å². The van der Waals surface area contributed by atoms with Crippen LogP contribution in [0.1, 0.15) is 17.0 Å². The SMILES string of the molecule is Cc1nn(C)c(CC(=O)Cc2ccc(F)c(F)c2)c1Br. The van der Waals surface area contributed by atoms with E-state index in [9.17, 15) is 13.6 Å². The minimum Gasteiger partial charge on any atom is -0.299 e. The molecule has 0 N–H and O–H groups in total. The number of aryl methyl sites for hydroxylation is 2. The molecule has 2 rings (SSSR count). The van der Waals surface area contributed by atoms with Gasteiger partial charge in [0.15, 0.2) is 11.6 Å². The summed E-state index contributed by atoms with van der Waals surface area (Å²) in [6.45, 7) is 1.84. The van der Waals surface area contributed by atoms with Crippen molar-refractivity contribution in [2.75, 3.05) is 0 Å². The second-order valence-electron chi connectivity index (χ2n) is 4.61. The standard InChI is InChI=1S/C14H13BrF2N2O/c1-8-14(15)13(19(2)18-8)7-10(20)5-9-3-4-11(16)12(17)6-9/h3-4,6H,5,7H2,1-2H3. The summed E-state index contributed by atoms with van der Waals surface area (Å²) in [7, 11) is 1.76. The van der Waals surface area contributed by atoms with Gasteiger partial charge in [0, 0.05) is 19.9 Å². The molecule has 0 spiro atoms. The van der Waals surface area contributed by atoms with Gasteiger partial charge < -0.3 is 0 Å². The molecule has 0 bridgehead atoms. The number of hydrogen-bond acceptors (Lipinski definition) is 2. The Morgan fingerprint density at radius 2 is 2.00 bits per heavy atom. The van der Waals surface area contributed by atoms with Gasteiger partial charge in [-0.1, -0.05) is 6.07 Å². The first-order valence-electron chi connectivity index (χ1n) is 6.02. The molecule has 1 heterocycles. The number of nitrogens with zero attached hydrogens (tertiary/aromatic N) is 2. The van der Waals surface area contributed by atoms with Crippen LogP contribution in [0.4, 0.5) is 8.78 Å². The van der Waals surface area contributed by atoms with Gasteiger partial charge in [0.25, 0.3) is 0 Å². The molecule has 0 fully saturated rings. The van der Waals surface area contributed by atoms with Gasteiger partial charge in [0.05, 0.1) is 15.9 Å². The topological polar surface area (TPSA) is 34.9 Å². The Hall–Kier alpha value is -1.56. The third kappa shape index (κ3) is 3.12. The fraction of sp³-hybridized carbons (Fsp3) is 0.286. The van der Waals surface area contributed by atoms with Crippen LogP contribution in [0.3, 0.4) is 0 Å². The van der Waals surface area contributed by atoms with Crippen molar-refractivity contribution in [2.24, 2.45) is 7.05 Å². The van der Waals surface area contributed by atoms with Gasteiger partial charge in [-0.2, -0.15) is 5.10 Å². The molecule has 0 atom stereocenters.